The predicted octanol–water partition coefficient (Wildman–Crippen LogP) is 3.17. The van der Waals surface area contributed by atoms with Crippen LogP contribution >= 0.6 is 0 Å². The molecular weight excluding hydrogens is 562 g/mol. The summed E-state index contributed by atoms with van der Waals surface area (Å²) in [4.78, 5) is 13.1. The molecule has 0 saturated carbocycles. The molecule has 2 atom stereocenters. The molecule has 10 nitrogen and oxygen atoms in total. The Morgan fingerprint density at radius 1 is 1.15 bits per heavy atom. The molecular formula is C29H31N5O5S2. The van der Waals surface area contributed by atoms with Crippen molar-refractivity contribution in [2.24, 2.45) is 5.92 Å². The highest BCUT2D eigenvalue weighted by Gasteiger charge is 2.31. The van der Waals surface area contributed by atoms with E-state index in [4.69, 9.17) is 5.10 Å². The van der Waals surface area contributed by atoms with Gasteiger partial charge in [0.25, 0.3) is 5.91 Å². The zero-order chi connectivity index (χ0) is 29.2. The molecule has 0 radical (unpaired) electrons. The molecule has 214 valence electrons. The maximum atomic E-state index is 13.5. The summed E-state index contributed by atoms with van der Waals surface area (Å²) in [7, 11) is -6.94. The van der Waals surface area contributed by atoms with E-state index < -0.39 is 31.8 Å². The number of hydrogen-bond donors (Lipinski definition) is 1. The van der Waals surface area contributed by atoms with Gasteiger partial charge in [0.2, 0.25) is 10.0 Å². The number of nitriles is 1. The van der Waals surface area contributed by atoms with Gasteiger partial charge in [-0.2, -0.15) is 14.7 Å². The van der Waals surface area contributed by atoms with Gasteiger partial charge in [0, 0.05) is 36.5 Å². The molecule has 12 heteroatoms. The maximum absolute atomic E-state index is 13.5. The van der Waals surface area contributed by atoms with E-state index in [1.807, 2.05) is 43.3 Å². The number of carbonyl (C=O) groups excluding carboxylic acids is 1. The number of hydrogen-bond acceptors (Lipinski definition) is 7. The topological polar surface area (TPSA) is 142 Å². The van der Waals surface area contributed by atoms with Crippen LogP contribution < -0.4 is 5.32 Å². The number of rotatable bonds is 7. The first-order chi connectivity index (χ1) is 19.6. The lowest BCUT2D eigenvalue weighted by atomic mass is 10.0. The minimum Gasteiger partial charge on any atom is -0.348 e. The van der Waals surface area contributed by atoms with Crippen LogP contribution in [0.4, 0.5) is 0 Å². The van der Waals surface area contributed by atoms with Crippen molar-refractivity contribution in [3.63, 3.8) is 0 Å². The number of aromatic nitrogens is 2. The Morgan fingerprint density at radius 2 is 1.93 bits per heavy atom. The fraction of sp³-hybridized carbons (Fsp3) is 0.345. The quantitative estimate of drug-likeness (QED) is 0.328. The standard InChI is InChI=1S/C29H31N5O5S2/c1-21-7-6-13-33(18-21)41(38,39)27-11-5-8-22(16-27)28-24(19-34(32-28)26-9-3-2-4-10-26)15-23(17-30)29(35)31-25-12-14-40(36,37)20-25/h2-5,8-11,15-16,19,21,25H,6-7,12-14,18,20H2,1H3,(H,31,35)/b23-15-. The van der Waals surface area contributed by atoms with E-state index in [-0.39, 0.29) is 27.9 Å². The molecule has 3 heterocycles. The third-order valence-electron chi connectivity index (χ3n) is 7.36. The summed E-state index contributed by atoms with van der Waals surface area (Å²) in [5.41, 5.74) is 1.85. The monoisotopic (exact) mass is 593 g/mol. The van der Waals surface area contributed by atoms with Crippen molar-refractivity contribution in [3.05, 3.63) is 71.9 Å². The van der Waals surface area contributed by atoms with Crippen LogP contribution in [0.1, 0.15) is 31.7 Å². The van der Waals surface area contributed by atoms with Crippen LogP contribution in [0.3, 0.4) is 0 Å². The van der Waals surface area contributed by atoms with Gasteiger partial charge in [-0.05, 0) is 55.5 Å². The van der Waals surface area contributed by atoms with E-state index in [1.165, 1.54) is 10.4 Å². The van der Waals surface area contributed by atoms with Crippen molar-refractivity contribution in [1.29, 1.82) is 5.26 Å². The Balaban J connectivity index is 1.53. The molecule has 2 aromatic carbocycles. The summed E-state index contributed by atoms with van der Waals surface area (Å²) < 4.78 is 53.8. The van der Waals surface area contributed by atoms with E-state index in [0.29, 0.717) is 36.3 Å². The Hall–Kier alpha value is -3.79. The van der Waals surface area contributed by atoms with Gasteiger partial charge in [-0.25, -0.2) is 21.5 Å². The summed E-state index contributed by atoms with van der Waals surface area (Å²) in [5.74, 6) is -0.567. The van der Waals surface area contributed by atoms with Gasteiger partial charge in [-0.15, -0.1) is 0 Å². The Morgan fingerprint density at radius 3 is 2.61 bits per heavy atom. The molecule has 3 aromatic rings. The van der Waals surface area contributed by atoms with Gasteiger partial charge < -0.3 is 5.32 Å². The molecule has 1 amide bonds. The molecule has 0 aliphatic carbocycles. The normalized spacial score (nSPS) is 21.3. The second kappa shape index (κ2) is 11.6. The first kappa shape index (κ1) is 28.7. The van der Waals surface area contributed by atoms with E-state index >= 15 is 0 Å². The van der Waals surface area contributed by atoms with Crippen molar-refractivity contribution in [3.8, 4) is 23.0 Å². The average molecular weight is 594 g/mol. The first-order valence-corrected chi connectivity index (χ1v) is 16.7. The van der Waals surface area contributed by atoms with E-state index in [2.05, 4.69) is 5.32 Å². The largest absolute Gasteiger partial charge is 0.348 e. The highest BCUT2D eigenvalue weighted by atomic mass is 32.2. The minimum absolute atomic E-state index is 0.00681. The van der Waals surface area contributed by atoms with Crippen LogP contribution in [0.2, 0.25) is 0 Å². The van der Waals surface area contributed by atoms with Crippen LogP contribution in [0.25, 0.3) is 23.0 Å². The molecule has 5 rings (SSSR count). The number of benzene rings is 2. The Kier molecular flexibility index (Phi) is 8.13. The molecule has 1 N–H and O–H groups in total. The zero-order valence-electron chi connectivity index (χ0n) is 22.6. The van der Waals surface area contributed by atoms with Gasteiger partial charge in [-0.3, -0.25) is 4.79 Å². The number of amides is 1. The zero-order valence-corrected chi connectivity index (χ0v) is 24.2. The van der Waals surface area contributed by atoms with Crippen molar-refractivity contribution in [2.45, 2.75) is 37.1 Å². The molecule has 0 spiro atoms. The molecule has 2 aliphatic rings. The molecule has 2 unspecified atom stereocenters. The lowest BCUT2D eigenvalue weighted by Crippen LogP contribution is -2.39. The number of sulfone groups is 1. The predicted molar refractivity (Wildman–Crippen MR) is 155 cm³/mol. The fourth-order valence-corrected chi connectivity index (χ4v) is 8.54. The summed E-state index contributed by atoms with van der Waals surface area (Å²) in [6.07, 6.45) is 5.16. The number of carbonyl (C=O) groups is 1. The number of sulfonamides is 1. The number of para-hydroxylation sites is 1. The second-order valence-electron chi connectivity index (χ2n) is 10.6. The van der Waals surface area contributed by atoms with Crippen molar-refractivity contribution >= 4 is 31.8 Å². The molecule has 2 aliphatic heterocycles. The molecule has 0 bridgehead atoms. The Bertz CT molecular complexity index is 1740. The molecule has 2 saturated heterocycles. The SMILES string of the molecule is CC1CCCN(S(=O)(=O)c2cccc(-c3nn(-c4ccccc4)cc3/C=C(/C#N)C(=O)NC3CCS(=O)(=O)C3)c2)C1. The lowest BCUT2D eigenvalue weighted by molar-refractivity contribution is -0.117. The van der Waals surface area contributed by atoms with Crippen molar-refractivity contribution < 1.29 is 21.6 Å². The smallest absolute Gasteiger partial charge is 0.262 e. The van der Waals surface area contributed by atoms with Crippen LogP contribution in [-0.4, -0.2) is 67.5 Å². The first-order valence-electron chi connectivity index (χ1n) is 13.4. The van der Waals surface area contributed by atoms with Gasteiger partial charge in [0.15, 0.2) is 9.84 Å². The van der Waals surface area contributed by atoms with Crippen molar-refractivity contribution in [2.75, 3.05) is 24.6 Å². The van der Waals surface area contributed by atoms with E-state index in [1.54, 1.807) is 35.1 Å². The van der Waals surface area contributed by atoms with Gasteiger partial charge in [0.05, 0.1) is 22.1 Å². The highest BCUT2D eigenvalue weighted by Crippen LogP contribution is 2.30. The van der Waals surface area contributed by atoms with Gasteiger partial charge in [0.1, 0.15) is 17.3 Å². The summed E-state index contributed by atoms with van der Waals surface area (Å²) in [6, 6.07) is 17.1. The van der Waals surface area contributed by atoms with Gasteiger partial charge >= 0.3 is 0 Å². The average Bonchev–Trinajstić information content (AvgIpc) is 3.54. The fourth-order valence-electron chi connectivity index (χ4n) is 5.22. The maximum Gasteiger partial charge on any atom is 0.262 e. The van der Waals surface area contributed by atoms with Crippen LogP contribution in [-0.2, 0) is 24.7 Å². The third kappa shape index (κ3) is 6.43. The third-order valence-corrected chi connectivity index (χ3v) is 11.0. The second-order valence-corrected chi connectivity index (χ2v) is 14.8. The summed E-state index contributed by atoms with van der Waals surface area (Å²) in [5, 5.41) is 17.2. The highest BCUT2D eigenvalue weighted by molar-refractivity contribution is 7.91. The lowest BCUT2D eigenvalue weighted by Gasteiger charge is -2.30. The number of nitrogens with zero attached hydrogens (tertiary/aromatic N) is 4. The number of nitrogens with one attached hydrogen (secondary N) is 1. The summed E-state index contributed by atoms with van der Waals surface area (Å²) >= 11 is 0. The summed E-state index contributed by atoms with van der Waals surface area (Å²) in [6.45, 7) is 2.98. The minimum atomic E-state index is -3.73. The molecule has 41 heavy (non-hydrogen) atoms. The van der Waals surface area contributed by atoms with Gasteiger partial charge in [-0.1, -0.05) is 37.3 Å². The van der Waals surface area contributed by atoms with Crippen molar-refractivity contribution in [1.82, 2.24) is 19.4 Å². The number of piperidine rings is 1. The van der Waals surface area contributed by atoms with Crippen LogP contribution in [0.5, 0.6) is 0 Å². The van der Waals surface area contributed by atoms with Crippen LogP contribution in [0, 0.1) is 17.2 Å². The van der Waals surface area contributed by atoms with E-state index in [9.17, 15) is 26.9 Å². The van der Waals surface area contributed by atoms with Crippen LogP contribution in [0.15, 0.2) is 71.3 Å². The molecule has 2 fully saturated rings. The molecule has 1 aromatic heterocycles. The van der Waals surface area contributed by atoms with E-state index in [0.717, 1.165) is 18.5 Å². The Labute approximate surface area is 240 Å².